The number of benzene rings is 1. The third kappa shape index (κ3) is 3.77. The molecule has 0 fully saturated rings. The monoisotopic (exact) mass is 277 g/mol. The maximum absolute atomic E-state index is 11.0. The van der Waals surface area contributed by atoms with E-state index in [1.807, 2.05) is 24.3 Å². The molecule has 0 spiro atoms. The maximum atomic E-state index is 11.0. The van der Waals surface area contributed by atoms with E-state index < -0.39 is 15.9 Å². The molecule has 0 amide bonds. The highest BCUT2D eigenvalue weighted by Crippen LogP contribution is 2.17. The lowest BCUT2D eigenvalue weighted by atomic mass is 10.1. The van der Waals surface area contributed by atoms with Crippen molar-refractivity contribution in [3.05, 3.63) is 34.3 Å². The minimum Gasteiger partial charge on any atom is -0.323 e. The predicted octanol–water partition coefficient (Wildman–Crippen LogP) is 1.49. The van der Waals surface area contributed by atoms with E-state index in [1.54, 1.807) is 0 Å². The van der Waals surface area contributed by atoms with E-state index in [9.17, 15) is 8.42 Å². The molecule has 0 radical (unpaired) electrons. The Morgan fingerprint density at radius 1 is 1.50 bits per heavy atom. The van der Waals surface area contributed by atoms with Gasteiger partial charge in [-0.1, -0.05) is 28.1 Å². The summed E-state index contributed by atoms with van der Waals surface area (Å²) < 4.78 is 22.9. The molecule has 0 saturated heterocycles. The quantitative estimate of drug-likeness (QED) is 0.911. The summed E-state index contributed by atoms with van der Waals surface area (Å²) in [5.41, 5.74) is 6.57. The first-order valence-electron chi connectivity index (χ1n) is 4.07. The molecule has 1 atom stereocenters. The Morgan fingerprint density at radius 3 is 2.64 bits per heavy atom. The van der Waals surface area contributed by atoms with Gasteiger partial charge < -0.3 is 5.73 Å². The van der Waals surface area contributed by atoms with E-state index in [4.69, 9.17) is 5.73 Å². The van der Waals surface area contributed by atoms with Crippen LogP contribution in [0.3, 0.4) is 0 Å². The molecule has 78 valence electrons. The van der Waals surface area contributed by atoms with Crippen molar-refractivity contribution < 1.29 is 8.42 Å². The van der Waals surface area contributed by atoms with Gasteiger partial charge in [-0.2, -0.15) is 0 Å². The van der Waals surface area contributed by atoms with Gasteiger partial charge in [0.1, 0.15) is 9.84 Å². The number of nitrogens with two attached hydrogens (primary N) is 1. The van der Waals surface area contributed by atoms with Gasteiger partial charge in [0.25, 0.3) is 0 Å². The molecular formula is C9H12BrNO2S. The lowest BCUT2D eigenvalue weighted by Gasteiger charge is -2.10. The molecule has 0 aliphatic carbocycles. The van der Waals surface area contributed by atoms with Crippen molar-refractivity contribution in [1.29, 1.82) is 0 Å². The minimum absolute atomic E-state index is 0.0244. The topological polar surface area (TPSA) is 60.2 Å². The molecule has 1 aromatic rings. The summed E-state index contributed by atoms with van der Waals surface area (Å²) in [6.45, 7) is 0. The summed E-state index contributed by atoms with van der Waals surface area (Å²) in [4.78, 5) is 0. The second kappa shape index (κ2) is 4.42. The molecule has 0 aliphatic rings. The second-order valence-electron chi connectivity index (χ2n) is 3.25. The van der Waals surface area contributed by atoms with E-state index in [1.165, 1.54) is 6.26 Å². The number of rotatable bonds is 3. The Hall–Kier alpha value is -0.390. The van der Waals surface area contributed by atoms with E-state index in [2.05, 4.69) is 15.9 Å². The van der Waals surface area contributed by atoms with Crippen LogP contribution in [0.4, 0.5) is 0 Å². The van der Waals surface area contributed by atoms with Crippen LogP contribution in [-0.2, 0) is 9.84 Å². The van der Waals surface area contributed by atoms with Gasteiger partial charge >= 0.3 is 0 Å². The Balaban J connectivity index is 2.85. The fraction of sp³-hybridized carbons (Fsp3) is 0.333. The largest absolute Gasteiger partial charge is 0.323 e. The number of halogens is 1. The molecule has 0 aromatic heterocycles. The average molecular weight is 278 g/mol. The summed E-state index contributed by atoms with van der Waals surface area (Å²) in [5.74, 6) is -0.0244. The standard InChI is InChI=1S/C9H12BrNO2S/c1-14(12,13)6-9(11)7-3-2-4-8(10)5-7/h2-5,9H,6,11H2,1H3. The van der Waals surface area contributed by atoms with Crippen molar-refractivity contribution in [3.8, 4) is 0 Å². The number of hydrogen-bond acceptors (Lipinski definition) is 3. The molecule has 5 heteroatoms. The zero-order valence-corrected chi connectivity index (χ0v) is 10.2. The number of sulfone groups is 1. The van der Waals surface area contributed by atoms with E-state index in [0.29, 0.717) is 0 Å². The minimum atomic E-state index is -3.02. The van der Waals surface area contributed by atoms with Crippen LogP contribution in [-0.4, -0.2) is 20.4 Å². The Morgan fingerprint density at radius 2 is 2.14 bits per heavy atom. The van der Waals surface area contributed by atoms with Crippen molar-refractivity contribution in [2.24, 2.45) is 5.73 Å². The zero-order valence-electron chi connectivity index (χ0n) is 7.77. The lowest BCUT2D eigenvalue weighted by molar-refractivity contribution is 0.594. The third-order valence-corrected chi connectivity index (χ3v) is 3.22. The highest BCUT2D eigenvalue weighted by atomic mass is 79.9. The summed E-state index contributed by atoms with van der Waals surface area (Å²) in [7, 11) is -3.02. The van der Waals surface area contributed by atoms with Crippen LogP contribution >= 0.6 is 15.9 Å². The normalized spacial score (nSPS) is 13.9. The van der Waals surface area contributed by atoms with Crippen LogP contribution in [0.5, 0.6) is 0 Å². The highest BCUT2D eigenvalue weighted by Gasteiger charge is 2.12. The molecule has 3 nitrogen and oxygen atoms in total. The molecule has 1 rings (SSSR count). The van der Waals surface area contributed by atoms with Gasteiger partial charge in [-0.15, -0.1) is 0 Å². The molecule has 0 bridgehead atoms. The molecule has 14 heavy (non-hydrogen) atoms. The lowest BCUT2D eigenvalue weighted by Crippen LogP contribution is -2.20. The van der Waals surface area contributed by atoms with Gasteiger partial charge in [-0.3, -0.25) is 0 Å². The molecule has 1 aromatic carbocycles. The Labute approximate surface area is 92.4 Å². The van der Waals surface area contributed by atoms with Crippen molar-refractivity contribution in [2.75, 3.05) is 12.0 Å². The van der Waals surface area contributed by atoms with Crippen LogP contribution < -0.4 is 5.73 Å². The van der Waals surface area contributed by atoms with Gasteiger partial charge in [0, 0.05) is 16.8 Å². The summed E-state index contributed by atoms with van der Waals surface area (Å²) in [6, 6.07) is 6.90. The molecule has 2 N–H and O–H groups in total. The smallest absolute Gasteiger partial charge is 0.149 e. The molecular weight excluding hydrogens is 266 g/mol. The van der Waals surface area contributed by atoms with Crippen molar-refractivity contribution in [1.82, 2.24) is 0 Å². The fourth-order valence-corrected chi connectivity index (χ4v) is 2.42. The average Bonchev–Trinajstić information content (AvgIpc) is 2.01. The van der Waals surface area contributed by atoms with E-state index >= 15 is 0 Å². The van der Waals surface area contributed by atoms with Crippen molar-refractivity contribution in [2.45, 2.75) is 6.04 Å². The van der Waals surface area contributed by atoms with Crippen molar-refractivity contribution >= 4 is 25.8 Å². The van der Waals surface area contributed by atoms with Crippen molar-refractivity contribution in [3.63, 3.8) is 0 Å². The van der Waals surface area contributed by atoms with Crippen LogP contribution in [0, 0.1) is 0 Å². The first-order chi connectivity index (χ1) is 6.38. The molecule has 1 unspecified atom stereocenters. The Kier molecular flexibility index (Phi) is 3.69. The summed E-state index contributed by atoms with van der Waals surface area (Å²) in [6.07, 6.45) is 1.19. The molecule has 0 heterocycles. The highest BCUT2D eigenvalue weighted by molar-refractivity contribution is 9.10. The van der Waals surface area contributed by atoms with Gasteiger partial charge in [-0.25, -0.2) is 8.42 Å². The van der Waals surface area contributed by atoms with Gasteiger partial charge in [-0.05, 0) is 17.7 Å². The van der Waals surface area contributed by atoms with Gasteiger partial charge in [0.15, 0.2) is 0 Å². The maximum Gasteiger partial charge on any atom is 0.149 e. The molecule has 0 aliphatic heterocycles. The molecule has 0 saturated carbocycles. The van der Waals surface area contributed by atoms with Crippen LogP contribution in [0.1, 0.15) is 11.6 Å². The predicted molar refractivity (Wildman–Crippen MR) is 60.8 cm³/mol. The zero-order chi connectivity index (χ0) is 10.8. The van der Waals surface area contributed by atoms with E-state index in [-0.39, 0.29) is 5.75 Å². The first kappa shape index (κ1) is 11.7. The number of hydrogen-bond donors (Lipinski definition) is 1. The van der Waals surface area contributed by atoms with Crippen LogP contribution in [0.2, 0.25) is 0 Å². The van der Waals surface area contributed by atoms with E-state index in [0.717, 1.165) is 10.0 Å². The SMILES string of the molecule is CS(=O)(=O)CC(N)c1cccc(Br)c1. The summed E-state index contributed by atoms with van der Waals surface area (Å²) >= 11 is 3.31. The third-order valence-electron chi connectivity index (χ3n) is 1.76. The first-order valence-corrected chi connectivity index (χ1v) is 6.92. The van der Waals surface area contributed by atoms with Gasteiger partial charge in [0.05, 0.1) is 5.75 Å². The van der Waals surface area contributed by atoms with Gasteiger partial charge in [0.2, 0.25) is 0 Å². The second-order valence-corrected chi connectivity index (χ2v) is 6.35. The fourth-order valence-electron chi connectivity index (χ4n) is 1.16. The van der Waals surface area contributed by atoms with Crippen LogP contribution in [0.25, 0.3) is 0 Å². The summed E-state index contributed by atoms with van der Waals surface area (Å²) in [5, 5.41) is 0. The van der Waals surface area contributed by atoms with Crippen LogP contribution in [0.15, 0.2) is 28.7 Å². The Bertz CT molecular complexity index is 417.